The molecule has 4 rings (SSSR count). The van der Waals surface area contributed by atoms with E-state index >= 15 is 0 Å². The molecule has 124 valence electrons. The number of anilines is 3. The van der Waals surface area contributed by atoms with Crippen molar-refractivity contribution in [3.63, 3.8) is 0 Å². The molecule has 1 aromatic carbocycles. The summed E-state index contributed by atoms with van der Waals surface area (Å²) in [6.45, 7) is 2.24. The van der Waals surface area contributed by atoms with Crippen LogP contribution in [0.5, 0.6) is 0 Å². The Labute approximate surface area is 138 Å². The Morgan fingerprint density at radius 2 is 2.17 bits per heavy atom. The average molecular weight is 326 g/mol. The number of carbonyl (C=O) groups is 2. The monoisotopic (exact) mass is 326 g/mol. The molecule has 0 saturated carbocycles. The summed E-state index contributed by atoms with van der Waals surface area (Å²) in [5, 5.41) is 12.4. The third kappa shape index (κ3) is 2.36. The lowest BCUT2D eigenvalue weighted by Gasteiger charge is -2.21. The van der Waals surface area contributed by atoms with Crippen LogP contribution in [0.3, 0.4) is 0 Å². The number of aromatic nitrogens is 2. The van der Waals surface area contributed by atoms with Crippen LogP contribution in [0.25, 0.3) is 0 Å². The molecule has 3 N–H and O–H groups in total. The minimum atomic E-state index is -0.293. The van der Waals surface area contributed by atoms with E-state index in [1.165, 1.54) is 0 Å². The Morgan fingerprint density at radius 1 is 1.29 bits per heavy atom. The van der Waals surface area contributed by atoms with E-state index in [1.54, 1.807) is 7.05 Å². The number of benzene rings is 1. The van der Waals surface area contributed by atoms with Crippen molar-refractivity contribution in [2.24, 2.45) is 0 Å². The summed E-state index contributed by atoms with van der Waals surface area (Å²) in [6, 6.07) is 7.47. The minimum absolute atomic E-state index is 0.00803. The fourth-order valence-electron chi connectivity index (χ4n) is 3.18. The first kappa shape index (κ1) is 14.6. The smallest absolute Gasteiger partial charge is 0.320 e. The van der Waals surface area contributed by atoms with Gasteiger partial charge in [-0.2, -0.15) is 5.10 Å². The molecule has 0 atom stereocenters. The molecule has 2 aliphatic heterocycles. The molecule has 2 aliphatic rings. The van der Waals surface area contributed by atoms with Gasteiger partial charge in [-0.15, -0.1) is 0 Å². The standard InChI is InChI=1S/C16H18N6O2/c1-17-16(24)19-13-9-14-21(6-7-22(14)20-13)11-2-3-12-10(8-11)4-5-18-15(12)23/h2-3,8-9H,4-7H2,1H3,(H,18,23)(H2,17,19,20,24). The zero-order valence-corrected chi connectivity index (χ0v) is 13.3. The summed E-state index contributed by atoms with van der Waals surface area (Å²) in [6.07, 6.45) is 0.839. The third-order valence-corrected chi connectivity index (χ3v) is 4.36. The number of urea groups is 1. The van der Waals surface area contributed by atoms with Crippen LogP contribution in [0.2, 0.25) is 0 Å². The largest absolute Gasteiger partial charge is 0.352 e. The molecule has 0 radical (unpaired) electrons. The summed E-state index contributed by atoms with van der Waals surface area (Å²) in [5.74, 6) is 1.44. The van der Waals surface area contributed by atoms with Gasteiger partial charge in [0.1, 0.15) is 5.82 Å². The van der Waals surface area contributed by atoms with E-state index in [9.17, 15) is 9.59 Å². The highest BCUT2D eigenvalue weighted by atomic mass is 16.2. The highest BCUT2D eigenvalue weighted by Crippen LogP contribution is 2.33. The third-order valence-electron chi connectivity index (χ3n) is 4.36. The maximum Gasteiger partial charge on any atom is 0.320 e. The predicted octanol–water partition coefficient (Wildman–Crippen LogP) is 1.07. The number of rotatable bonds is 2. The van der Waals surface area contributed by atoms with Gasteiger partial charge in [0, 0.05) is 37.5 Å². The molecule has 0 aliphatic carbocycles. The molecule has 8 heteroatoms. The van der Waals surface area contributed by atoms with Crippen LogP contribution in [0.15, 0.2) is 24.3 Å². The molecule has 0 fully saturated rings. The number of nitrogens with one attached hydrogen (secondary N) is 3. The van der Waals surface area contributed by atoms with Crippen LogP contribution in [-0.2, 0) is 13.0 Å². The van der Waals surface area contributed by atoms with Crippen molar-refractivity contribution in [3.8, 4) is 0 Å². The van der Waals surface area contributed by atoms with Crippen LogP contribution < -0.4 is 20.9 Å². The lowest BCUT2D eigenvalue weighted by atomic mass is 9.99. The van der Waals surface area contributed by atoms with Crippen LogP contribution in [0.4, 0.5) is 22.1 Å². The molecular weight excluding hydrogens is 308 g/mol. The molecule has 24 heavy (non-hydrogen) atoms. The van der Waals surface area contributed by atoms with Gasteiger partial charge in [-0.3, -0.25) is 10.1 Å². The SMILES string of the molecule is CNC(=O)Nc1cc2n(n1)CCN2c1ccc2c(c1)CCNC2=O. The second kappa shape index (κ2) is 5.55. The molecule has 0 unspecified atom stereocenters. The molecule has 2 aromatic rings. The summed E-state index contributed by atoms with van der Waals surface area (Å²) >= 11 is 0. The molecule has 0 bridgehead atoms. The fourth-order valence-corrected chi connectivity index (χ4v) is 3.18. The van der Waals surface area contributed by atoms with E-state index in [2.05, 4.69) is 32.0 Å². The first-order chi connectivity index (χ1) is 11.7. The number of hydrogen-bond donors (Lipinski definition) is 3. The predicted molar refractivity (Wildman–Crippen MR) is 89.8 cm³/mol. The van der Waals surface area contributed by atoms with Gasteiger partial charge in [0.2, 0.25) is 0 Å². The summed E-state index contributed by atoms with van der Waals surface area (Å²) in [5.41, 5.74) is 2.85. The van der Waals surface area contributed by atoms with Gasteiger partial charge in [0.15, 0.2) is 5.82 Å². The number of fused-ring (bicyclic) bond motifs is 2. The van der Waals surface area contributed by atoms with Gasteiger partial charge in [-0.25, -0.2) is 9.48 Å². The van der Waals surface area contributed by atoms with Crippen molar-refractivity contribution in [1.82, 2.24) is 20.4 Å². The average Bonchev–Trinajstić information content (AvgIpc) is 3.14. The van der Waals surface area contributed by atoms with Crippen LogP contribution >= 0.6 is 0 Å². The normalized spacial score (nSPS) is 15.5. The van der Waals surface area contributed by atoms with E-state index in [0.717, 1.165) is 42.1 Å². The first-order valence-electron chi connectivity index (χ1n) is 7.91. The van der Waals surface area contributed by atoms with E-state index in [0.29, 0.717) is 12.4 Å². The second-order valence-corrected chi connectivity index (χ2v) is 5.81. The highest BCUT2D eigenvalue weighted by Gasteiger charge is 2.25. The topological polar surface area (TPSA) is 91.3 Å². The van der Waals surface area contributed by atoms with Gasteiger partial charge in [-0.1, -0.05) is 0 Å². The van der Waals surface area contributed by atoms with Crippen molar-refractivity contribution in [2.75, 3.05) is 30.4 Å². The fraction of sp³-hybridized carbons (Fsp3) is 0.312. The van der Waals surface area contributed by atoms with Gasteiger partial charge >= 0.3 is 6.03 Å². The van der Waals surface area contributed by atoms with Crippen molar-refractivity contribution < 1.29 is 9.59 Å². The summed E-state index contributed by atoms with van der Waals surface area (Å²) in [4.78, 5) is 25.4. The van der Waals surface area contributed by atoms with Gasteiger partial charge < -0.3 is 15.5 Å². The molecule has 3 heterocycles. The maximum absolute atomic E-state index is 11.9. The molecule has 0 saturated heterocycles. The van der Waals surface area contributed by atoms with E-state index in [-0.39, 0.29) is 11.9 Å². The lowest BCUT2D eigenvalue weighted by molar-refractivity contribution is 0.0946. The number of nitrogens with zero attached hydrogens (tertiary/aromatic N) is 3. The Kier molecular flexibility index (Phi) is 3.37. The van der Waals surface area contributed by atoms with Gasteiger partial charge in [0.05, 0.1) is 6.54 Å². The van der Waals surface area contributed by atoms with E-state index in [4.69, 9.17) is 0 Å². The Bertz CT molecular complexity index is 828. The quantitative estimate of drug-likeness (QED) is 0.770. The first-order valence-corrected chi connectivity index (χ1v) is 7.91. The molecular formula is C16H18N6O2. The van der Waals surface area contributed by atoms with Crippen LogP contribution in [0, 0.1) is 0 Å². The summed E-state index contributed by atoms with van der Waals surface area (Å²) in [7, 11) is 1.56. The molecule has 8 nitrogen and oxygen atoms in total. The number of hydrogen-bond acceptors (Lipinski definition) is 4. The van der Waals surface area contributed by atoms with Crippen LogP contribution in [0.1, 0.15) is 15.9 Å². The second-order valence-electron chi connectivity index (χ2n) is 5.81. The Balaban J connectivity index is 1.63. The number of amides is 3. The van der Waals surface area contributed by atoms with Crippen molar-refractivity contribution in [1.29, 1.82) is 0 Å². The van der Waals surface area contributed by atoms with Crippen molar-refractivity contribution in [3.05, 3.63) is 35.4 Å². The maximum atomic E-state index is 11.9. The zero-order chi connectivity index (χ0) is 16.7. The van der Waals surface area contributed by atoms with E-state index < -0.39 is 0 Å². The zero-order valence-electron chi connectivity index (χ0n) is 13.3. The minimum Gasteiger partial charge on any atom is -0.352 e. The van der Waals surface area contributed by atoms with Gasteiger partial charge in [0.25, 0.3) is 5.91 Å². The molecule has 3 amide bonds. The summed E-state index contributed by atoms with van der Waals surface area (Å²) < 4.78 is 1.87. The Hall–Kier alpha value is -3.03. The lowest BCUT2D eigenvalue weighted by Crippen LogP contribution is -2.31. The number of carbonyl (C=O) groups excluding carboxylic acids is 2. The van der Waals surface area contributed by atoms with E-state index in [1.807, 2.05) is 22.9 Å². The van der Waals surface area contributed by atoms with Crippen molar-refractivity contribution >= 4 is 29.3 Å². The van der Waals surface area contributed by atoms with Gasteiger partial charge in [-0.05, 0) is 30.2 Å². The van der Waals surface area contributed by atoms with Crippen LogP contribution in [-0.4, -0.2) is 41.9 Å². The molecule has 0 spiro atoms. The Morgan fingerprint density at radius 3 is 3.00 bits per heavy atom. The highest BCUT2D eigenvalue weighted by molar-refractivity contribution is 5.97. The molecule has 1 aromatic heterocycles. The van der Waals surface area contributed by atoms with Crippen molar-refractivity contribution in [2.45, 2.75) is 13.0 Å².